The maximum Gasteiger partial charge on any atom is 0.101 e. The van der Waals surface area contributed by atoms with Gasteiger partial charge in [-0.1, -0.05) is 36.4 Å². The molecule has 1 aromatic carbocycles. The Bertz CT molecular complexity index is 546. The van der Waals surface area contributed by atoms with E-state index < -0.39 is 0 Å². The predicted octanol–water partition coefficient (Wildman–Crippen LogP) is 4.76. The number of aromatic nitrogens is 1. The molecular formula is C14H14BrClN2S. The van der Waals surface area contributed by atoms with Crippen LogP contribution >= 0.6 is 39.3 Å². The Labute approximate surface area is 131 Å². The molecule has 0 aliphatic rings. The number of rotatable bonds is 5. The van der Waals surface area contributed by atoms with Gasteiger partial charge < -0.3 is 5.32 Å². The molecule has 0 spiro atoms. The molecule has 1 N–H and O–H groups in total. The number of hydrogen-bond acceptors (Lipinski definition) is 3. The van der Waals surface area contributed by atoms with E-state index in [0.29, 0.717) is 5.02 Å². The first-order chi connectivity index (χ1) is 9.19. The van der Waals surface area contributed by atoms with Crippen LogP contribution < -0.4 is 5.32 Å². The van der Waals surface area contributed by atoms with Gasteiger partial charge in [0, 0.05) is 22.1 Å². The van der Waals surface area contributed by atoms with Crippen molar-refractivity contribution in [3.05, 3.63) is 51.6 Å². The highest BCUT2D eigenvalue weighted by Crippen LogP contribution is 2.33. The summed E-state index contributed by atoms with van der Waals surface area (Å²) in [7, 11) is 0. The summed E-state index contributed by atoms with van der Waals surface area (Å²) in [5.74, 6) is 0. The largest absolute Gasteiger partial charge is 0.313 e. The quantitative estimate of drug-likeness (QED) is 0.835. The zero-order valence-electron chi connectivity index (χ0n) is 10.5. The van der Waals surface area contributed by atoms with Crippen LogP contribution in [0.4, 0.5) is 0 Å². The van der Waals surface area contributed by atoms with E-state index in [1.807, 2.05) is 12.1 Å². The molecule has 19 heavy (non-hydrogen) atoms. The van der Waals surface area contributed by atoms with Crippen LogP contribution in [0.2, 0.25) is 5.02 Å². The molecule has 0 saturated heterocycles. The van der Waals surface area contributed by atoms with Crippen molar-refractivity contribution in [3.8, 4) is 0 Å². The van der Waals surface area contributed by atoms with Gasteiger partial charge in [-0.05, 0) is 52.3 Å². The average molecular weight is 358 g/mol. The average Bonchev–Trinajstić information content (AvgIpc) is 2.41. The molecule has 0 unspecified atom stereocenters. The van der Waals surface area contributed by atoms with Gasteiger partial charge in [0.1, 0.15) is 5.03 Å². The number of pyridine rings is 1. The van der Waals surface area contributed by atoms with Crippen molar-refractivity contribution >= 4 is 39.3 Å². The minimum absolute atomic E-state index is 0.657. The third-order valence-corrected chi connectivity index (χ3v) is 4.66. The highest BCUT2D eigenvalue weighted by Gasteiger charge is 2.05. The van der Waals surface area contributed by atoms with E-state index in [0.717, 1.165) is 27.5 Å². The predicted molar refractivity (Wildman–Crippen MR) is 84.9 cm³/mol. The fourth-order valence-electron chi connectivity index (χ4n) is 1.54. The topological polar surface area (TPSA) is 24.9 Å². The smallest absolute Gasteiger partial charge is 0.101 e. The van der Waals surface area contributed by atoms with E-state index in [1.54, 1.807) is 18.0 Å². The molecule has 5 heteroatoms. The molecule has 0 aliphatic carbocycles. The zero-order valence-corrected chi connectivity index (χ0v) is 13.6. The van der Waals surface area contributed by atoms with Crippen molar-refractivity contribution in [2.75, 3.05) is 6.54 Å². The number of nitrogens with one attached hydrogen (secondary N) is 1. The number of benzene rings is 1. The summed E-state index contributed by atoms with van der Waals surface area (Å²) in [6.45, 7) is 3.97. The molecule has 1 aromatic heterocycles. The van der Waals surface area contributed by atoms with Crippen molar-refractivity contribution in [1.82, 2.24) is 10.3 Å². The first-order valence-corrected chi connectivity index (χ1v) is 7.96. The van der Waals surface area contributed by atoms with Gasteiger partial charge in [-0.3, -0.25) is 0 Å². The van der Waals surface area contributed by atoms with Crippen LogP contribution in [0.15, 0.2) is 50.9 Å². The van der Waals surface area contributed by atoms with E-state index >= 15 is 0 Å². The molecule has 0 aliphatic heterocycles. The summed E-state index contributed by atoms with van der Waals surface area (Å²) in [6, 6.07) is 10.2. The minimum atomic E-state index is 0.657. The fraction of sp³-hybridized carbons (Fsp3) is 0.214. The van der Waals surface area contributed by atoms with Crippen molar-refractivity contribution in [1.29, 1.82) is 0 Å². The Balaban J connectivity index is 2.10. The van der Waals surface area contributed by atoms with Gasteiger partial charge in [0.05, 0.1) is 5.02 Å². The molecule has 0 fully saturated rings. The fourth-order valence-corrected chi connectivity index (χ4v) is 3.08. The monoisotopic (exact) mass is 356 g/mol. The van der Waals surface area contributed by atoms with Gasteiger partial charge in [0.15, 0.2) is 0 Å². The van der Waals surface area contributed by atoms with Crippen molar-refractivity contribution in [3.63, 3.8) is 0 Å². The number of hydrogen-bond donors (Lipinski definition) is 1. The maximum absolute atomic E-state index is 5.83. The summed E-state index contributed by atoms with van der Waals surface area (Å²) in [5.41, 5.74) is 1.27. The van der Waals surface area contributed by atoms with Crippen LogP contribution in [0.1, 0.15) is 12.5 Å². The van der Waals surface area contributed by atoms with Crippen LogP contribution in [-0.4, -0.2) is 11.5 Å². The second kappa shape index (κ2) is 7.29. The molecule has 0 radical (unpaired) electrons. The Kier molecular flexibility index (Phi) is 5.70. The lowest BCUT2D eigenvalue weighted by Gasteiger charge is -2.07. The number of nitrogens with zero attached hydrogens (tertiary/aromatic N) is 1. The molecule has 0 bridgehead atoms. The molecule has 2 aromatic rings. The molecule has 0 atom stereocenters. The van der Waals surface area contributed by atoms with Gasteiger partial charge in [0.2, 0.25) is 0 Å². The first-order valence-electron chi connectivity index (χ1n) is 5.97. The Hall–Kier alpha value is -0.550. The lowest BCUT2D eigenvalue weighted by atomic mass is 10.2. The van der Waals surface area contributed by atoms with Crippen molar-refractivity contribution in [2.45, 2.75) is 23.4 Å². The summed E-state index contributed by atoms with van der Waals surface area (Å²) >= 11 is 11.1. The molecule has 0 amide bonds. The molecule has 2 rings (SSSR count). The third kappa shape index (κ3) is 4.49. The Morgan fingerprint density at radius 3 is 2.79 bits per heavy atom. The maximum atomic E-state index is 5.83. The van der Waals surface area contributed by atoms with E-state index in [9.17, 15) is 0 Å². The molecule has 2 nitrogen and oxygen atoms in total. The van der Waals surface area contributed by atoms with Gasteiger partial charge in [-0.2, -0.15) is 0 Å². The van der Waals surface area contributed by atoms with E-state index in [2.05, 4.69) is 51.4 Å². The van der Waals surface area contributed by atoms with Crippen LogP contribution in [0, 0.1) is 0 Å². The van der Waals surface area contributed by atoms with Gasteiger partial charge in [-0.15, -0.1) is 0 Å². The standard InChI is InChI=1S/C14H14BrClN2S/c1-2-17-8-10-3-5-13(12(15)7-10)19-14-6-4-11(16)9-18-14/h3-7,9,17H,2,8H2,1H3. The van der Waals surface area contributed by atoms with Gasteiger partial charge >= 0.3 is 0 Å². The molecular weight excluding hydrogens is 344 g/mol. The van der Waals surface area contributed by atoms with E-state index in [-0.39, 0.29) is 0 Å². The second-order valence-corrected chi connectivity index (χ2v) is 6.31. The van der Waals surface area contributed by atoms with Crippen molar-refractivity contribution in [2.24, 2.45) is 0 Å². The van der Waals surface area contributed by atoms with Crippen LogP contribution in [-0.2, 0) is 6.54 Å². The minimum Gasteiger partial charge on any atom is -0.313 e. The Morgan fingerprint density at radius 2 is 2.16 bits per heavy atom. The van der Waals surface area contributed by atoms with E-state index in [1.165, 1.54) is 5.56 Å². The molecule has 100 valence electrons. The highest BCUT2D eigenvalue weighted by atomic mass is 79.9. The van der Waals surface area contributed by atoms with Gasteiger partial charge in [0.25, 0.3) is 0 Å². The molecule has 1 heterocycles. The normalized spacial score (nSPS) is 10.7. The van der Waals surface area contributed by atoms with Gasteiger partial charge in [-0.25, -0.2) is 4.98 Å². The van der Waals surface area contributed by atoms with Crippen LogP contribution in [0.3, 0.4) is 0 Å². The first kappa shape index (κ1) is 14.9. The lowest BCUT2D eigenvalue weighted by molar-refractivity contribution is 0.726. The summed E-state index contributed by atoms with van der Waals surface area (Å²) in [5, 5.41) is 4.90. The Morgan fingerprint density at radius 1 is 1.32 bits per heavy atom. The summed E-state index contributed by atoms with van der Waals surface area (Å²) in [4.78, 5) is 5.43. The lowest BCUT2D eigenvalue weighted by Crippen LogP contribution is -2.11. The number of halogens is 2. The van der Waals surface area contributed by atoms with Crippen LogP contribution in [0.5, 0.6) is 0 Å². The zero-order chi connectivity index (χ0) is 13.7. The third-order valence-electron chi connectivity index (χ3n) is 2.49. The van der Waals surface area contributed by atoms with Crippen LogP contribution in [0.25, 0.3) is 0 Å². The summed E-state index contributed by atoms with van der Waals surface area (Å²) in [6.07, 6.45) is 1.66. The SMILES string of the molecule is CCNCc1ccc(Sc2ccc(Cl)cn2)c(Br)c1. The molecule has 0 saturated carbocycles. The summed E-state index contributed by atoms with van der Waals surface area (Å²) < 4.78 is 1.09. The van der Waals surface area contributed by atoms with E-state index in [4.69, 9.17) is 11.6 Å². The van der Waals surface area contributed by atoms with Crippen molar-refractivity contribution < 1.29 is 0 Å². The second-order valence-electron chi connectivity index (χ2n) is 3.96. The highest BCUT2D eigenvalue weighted by molar-refractivity contribution is 9.10.